The molecule has 0 atom stereocenters. The van der Waals surface area contributed by atoms with Crippen molar-refractivity contribution in [2.45, 2.75) is 18.5 Å². The summed E-state index contributed by atoms with van der Waals surface area (Å²) in [6, 6.07) is 10.1. The number of likely N-dealkylation sites (tertiary alicyclic amines) is 1. The number of carbonyl (C=O) groups excluding carboxylic acids is 1. The molecular formula is C19H18Cl2FIN4O. The van der Waals surface area contributed by atoms with Crippen molar-refractivity contribution in [3.05, 3.63) is 61.9 Å². The van der Waals surface area contributed by atoms with Crippen LogP contribution in [0.15, 0.2) is 41.4 Å². The van der Waals surface area contributed by atoms with Crippen molar-refractivity contribution in [1.29, 1.82) is 0 Å². The maximum Gasteiger partial charge on any atom is 0.253 e. The highest BCUT2D eigenvalue weighted by Crippen LogP contribution is 2.35. The number of aliphatic imine (C=N–C) groups is 1. The Morgan fingerprint density at radius 3 is 2.68 bits per heavy atom. The molecule has 0 aromatic heterocycles. The number of piperidine rings is 1. The summed E-state index contributed by atoms with van der Waals surface area (Å²) in [5.41, 5.74) is 7.03. The summed E-state index contributed by atoms with van der Waals surface area (Å²) < 4.78 is 14.9. The standard InChI is InChI=1S/C19H17ClFIN4O.ClH/c20-12-5-4-11(10-14(12)22)18(27)26-8-6-19(7-9-26)24-15-3-1-2-13(21)16(15)17(23)25-19;/h1-5,10,24H,6-9H2,(H2,23,25);1H. The number of nitrogens with one attached hydrogen (secondary N) is 1. The summed E-state index contributed by atoms with van der Waals surface area (Å²) in [6.07, 6.45) is 1.19. The first-order chi connectivity index (χ1) is 12.9. The highest BCUT2D eigenvalue weighted by Gasteiger charge is 2.39. The second-order valence-electron chi connectivity index (χ2n) is 6.74. The van der Waals surface area contributed by atoms with Crippen molar-refractivity contribution in [2.24, 2.45) is 10.7 Å². The first-order valence-electron chi connectivity index (χ1n) is 8.55. The fourth-order valence-electron chi connectivity index (χ4n) is 3.58. The second-order valence-corrected chi connectivity index (χ2v) is 8.31. The zero-order chi connectivity index (χ0) is 19.2. The number of nitrogens with two attached hydrogens (primary N) is 1. The van der Waals surface area contributed by atoms with Crippen LogP contribution in [-0.4, -0.2) is 35.4 Å². The fourth-order valence-corrected chi connectivity index (χ4v) is 4.21. The van der Waals surface area contributed by atoms with Gasteiger partial charge in [0, 0.05) is 40.8 Å². The van der Waals surface area contributed by atoms with Crippen LogP contribution in [-0.2, 0) is 0 Å². The fraction of sp³-hybridized carbons (Fsp3) is 0.263. The van der Waals surface area contributed by atoms with E-state index in [9.17, 15) is 9.18 Å². The maximum atomic E-state index is 14.0. The van der Waals surface area contributed by atoms with Gasteiger partial charge >= 0.3 is 0 Å². The lowest BCUT2D eigenvalue weighted by Gasteiger charge is -2.42. The van der Waals surface area contributed by atoms with E-state index in [1.807, 2.05) is 0 Å². The topological polar surface area (TPSA) is 70.7 Å². The van der Waals surface area contributed by atoms with Crippen LogP contribution >= 0.6 is 46.6 Å². The van der Waals surface area contributed by atoms with E-state index in [2.05, 4.69) is 32.9 Å². The zero-order valence-corrected chi connectivity index (χ0v) is 18.4. The molecule has 0 radical (unpaired) electrons. The molecule has 1 amide bonds. The van der Waals surface area contributed by atoms with Gasteiger partial charge in [-0.2, -0.15) is 0 Å². The number of hydrogen-bond acceptors (Lipinski definition) is 4. The third-order valence-electron chi connectivity index (χ3n) is 5.02. The third kappa shape index (κ3) is 3.79. The number of halogens is 4. The van der Waals surface area contributed by atoms with E-state index in [0.29, 0.717) is 47.8 Å². The number of amidine groups is 1. The number of rotatable bonds is 1. The second kappa shape index (κ2) is 8.04. The molecule has 9 heteroatoms. The predicted octanol–water partition coefficient (Wildman–Crippen LogP) is 4.27. The van der Waals surface area contributed by atoms with E-state index in [1.165, 1.54) is 6.07 Å². The molecule has 148 valence electrons. The average molecular weight is 535 g/mol. The molecule has 1 saturated heterocycles. The molecule has 1 fully saturated rings. The Labute approximate surface area is 187 Å². The van der Waals surface area contributed by atoms with Crippen molar-refractivity contribution in [3.8, 4) is 0 Å². The minimum absolute atomic E-state index is 0. The first-order valence-corrected chi connectivity index (χ1v) is 10.0. The van der Waals surface area contributed by atoms with Crippen LogP contribution in [0.2, 0.25) is 5.02 Å². The highest BCUT2D eigenvalue weighted by molar-refractivity contribution is 14.1. The smallest absolute Gasteiger partial charge is 0.253 e. The van der Waals surface area contributed by atoms with Crippen LogP contribution in [0.3, 0.4) is 0 Å². The number of amides is 1. The molecule has 0 saturated carbocycles. The van der Waals surface area contributed by atoms with Gasteiger partial charge < -0.3 is 16.0 Å². The van der Waals surface area contributed by atoms with Crippen LogP contribution < -0.4 is 11.1 Å². The van der Waals surface area contributed by atoms with Gasteiger partial charge in [-0.1, -0.05) is 17.7 Å². The quantitative estimate of drug-likeness (QED) is 0.537. The van der Waals surface area contributed by atoms with Crippen molar-refractivity contribution in [3.63, 3.8) is 0 Å². The molecule has 0 aliphatic carbocycles. The number of benzene rings is 2. The van der Waals surface area contributed by atoms with E-state index >= 15 is 0 Å². The molecule has 5 nitrogen and oxygen atoms in total. The van der Waals surface area contributed by atoms with E-state index in [1.54, 1.807) is 35.2 Å². The summed E-state index contributed by atoms with van der Waals surface area (Å²) in [6.45, 7) is 1.07. The van der Waals surface area contributed by atoms with Gasteiger partial charge in [0.2, 0.25) is 0 Å². The molecule has 2 aromatic carbocycles. The number of hydrogen-bond donors (Lipinski definition) is 2. The van der Waals surface area contributed by atoms with E-state index < -0.39 is 5.66 Å². The minimum atomic E-state index is -0.601. The number of fused-ring (bicyclic) bond motifs is 1. The normalized spacial score (nSPS) is 17.2. The molecule has 3 N–H and O–H groups in total. The molecule has 1 spiro atoms. The van der Waals surface area contributed by atoms with Crippen molar-refractivity contribution in [1.82, 2.24) is 4.90 Å². The van der Waals surface area contributed by atoms with Crippen LogP contribution in [0, 0.1) is 9.39 Å². The van der Waals surface area contributed by atoms with Crippen LogP contribution in [0.25, 0.3) is 0 Å². The summed E-state index contributed by atoms with van der Waals surface area (Å²) in [5.74, 6) is -0.214. The maximum absolute atomic E-state index is 14.0. The Kier molecular flexibility index (Phi) is 6.07. The van der Waals surface area contributed by atoms with Crippen molar-refractivity contribution >= 4 is 64.0 Å². The Morgan fingerprint density at radius 2 is 2.00 bits per heavy atom. The van der Waals surface area contributed by atoms with E-state index in [-0.39, 0.29) is 30.0 Å². The lowest BCUT2D eigenvalue weighted by atomic mass is 9.93. The summed E-state index contributed by atoms with van der Waals surface area (Å²) in [7, 11) is 0. The predicted molar refractivity (Wildman–Crippen MR) is 120 cm³/mol. The van der Waals surface area contributed by atoms with Crippen molar-refractivity contribution in [2.75, 3.05) is 18.4 Å². The molecule has 2 heterocycles. The number of nitrogens with zero attached hydrogens (tertiary/aromatic N) is 2. The molecular weight excluding hydrogens is 517 g/mol. The highest BCUT2D eigenvalue weighted by atomic mass is 127. The van der Waals surface area contributed by atoms with Gasteiger partial charge in [0.15, 0.2) is 0 Å². The Hall–Kier alpha value is -1.58. The number of carbonyl (C=O) groups is 1. The zero-order valence-electron chi connectivity index (χ0n) is 14.7. The molecule has 2 aliphatic heterocycles. The van der Waals surface area contributed by atoms with Crippen molar-refractivity contribution < 1.29 is 9.18 Å². The van der Waals surface area contributed by atoms with E-state index in [4.69, 9.17) is 17.3 Å². The molecule has 2 aliphatic rings. The summed E-state index contributed by atoms with van der Waals surface area (Å²) in [4.78, 5) is 19.1. The van der Waals surface area contributed by atoms with Gasteiger partial charge in [-0.25, -0.2) is 9.38 Å². The monoisotopic (exact) mass is 534 g/mol. The van der Waals surface area contributed by atoms with Gasteiger partial charge in [-0.05, 0) is 52.9 Å². The van der Waals surface area contributed by atoms with Crippen LogP contribution in [0.4, 0.5) is 10.1 Å². The van der Waals surface area contributed by atoms with Gasteiger partial charge in [0.25, 0.3) is 5.91 Å². The van der Waals surface area contributed by atoms with Gasteiger partial charge in [-0.15, -0.1) is 12.4 Å². The average Bonchev–Trinajstić information content (AvgIpc) is 2.64. The minimum Gasteiger partial charge on any atom is -0.383 e. The Balaban J connectivity index is 0.00000225. The van der Waals surface area contributed by atoms with Gasteiger partial charge in [-0.3, -0.25) is 4.79 Å². The van der Waals surface area contributed by atoms with Gasteiger partial charge in [0.05, 0.1) is 10.6 Å². The summed E-state index contributed by atoms with van der Waals surface area (Å²) >= 11 is 8.16. The third-order valence-corrected chi connectivity index (χ3v) is 6.56. The lowest BCUT2D eigenvalue weighted by Crippen LogP contribution is -2.52. The number of anilines is 1. The molecule has 0 unspecified atom stereocenters. The molecule has 28 heavy (non-hydrogen) atoms. The summed E-state index contributed by atoms with van der Waals surface area (Å²) in [5, 5.41) is 3.97. The first kappa shape index (κ1) is 21.1. The van der Waals surface area contributed by atoms with Crippen LogP contribution in [0.5, 0.6) is 0 Å². The Morgan fingerprint density at radius 1 is 1.29 bits per heavy atom. The molecule has 2 aromatic rings. The van der Waals surface area contributed by atoms with Gasteiger partial charge in [0.1, 0.15) is 17.3 Å². The largest absolute Gasteiger partial charge is 0.383 e. The SMILES string of the molecule is Cl.NC1=NC2(CCN(C(=O)c3ccc(Cl)c(I)c3)CC2)Nc2cccc(F)c21. The molecule has 4 rings (SSSR count). The Bertz CT molecular complexity index is 961. The lowest BCUT2D eigenvalue weighted by molar-refractivity contribution is 0.0685. The van der Waals surface area contributed by atoms with E-state index in [0.717, 1.165) is 3.57 Å². The van der Waals surface area contributed by atoms with Crippen LogP contribution in [0.1, 0.15) is 28.8 Å². The molecule has 0 bridgehead atoms.